The quantitative estimate of drug-likeness (QED) is 0.628. The van der Waals surface area contributed by atoms with Gasteiger partial charge in [0.2, 0.25) is 0 Å². The zero-order valence-corrected chi connectivity index (χ0v) is 14.5. The van der Waals surface area contributed by atoms with E-state index in [4.69, 9.17) is 4.74 Å². The monoisotopic (exact) mass is 348 g/mol. The number of amides is 1. The molecule has 0 spiro atoms. The highest BCUT2D eigenvalue weighted by molar-refractivity contribution is 5.88. The molecule has 0 bridgehead atoms. The van der Waals surface area contributed by atoms with Crippen LogP contribution < -0.4 is 5.32 Å². The third-order valence-corrected chi connectivity index (χ3v) is 3.55. The van der Waals surface area contributed by atoms with Crippen molar-refractivity contribution in [2.45, 2.75) is 39.7 Å². The van der Waals surface area contributed by atoms with E-state index in [1.54, 1.807) is 7.05 Å². The summed E-state index contributed by atoms with van der Waals surface area (Å²) in [5, 5.41) is 21.4. The summed E-state index contributed by atoms with van der Waals surface area (Å²) in [4.78, 5) is 26.6. The normalized spacial score (nSPS) is 11.8. The van der Waals surface area contributed by atoms with Crippen LogP contribution in [0.4, 0.5) is 16.3 Å². The van der Waals surface area contributed by atoms with Gasteiger partial charge in [0.15, 0.2) is 11.5 Å². The lowest BCUT2D eigenvalue weighted by atomic mass is 10.2. The second-order valence-corrected chi connectivity index (χ2v) is 5.60. The van der Waals surface area contributed by atoms with Gasteiger partial charge in [-0.25, -0.2) is 14.5 Å². The van der Waals surface area contributed by atoms with Gasteiger partial charge in [-0.3, -0.25) is 15.4 Å². The summed E-state index contributed by atoms with van der Waals surface area (Å²) in [6.07, 6.45) is 0.826. The van der Waals surface area contributed by atoms with E-state index in [-0.39, 0.29) is 17.5 Å². The predicted molar refractivity (Wildman–Crippen MR) is 90.1 cm³/mol. The minimum atomic E-state index is -0.619. The number of hydrogen-bond acceptors (Lipinski definition) is 7. The second-order valence-electron chi connectivity index (χ2n) is 5.60. The number of nitro groups is 1. The Labute approximate surface area is 144 Å². The molecule has 0 aromatic carbocycles. The largest absolute Gasteiger partial charge is 0.446 e. The van der Waals surface area contributed by atoms with E-state index in [0.717, 1.165) is 12.8 Å². The Morgan fingerprint density at radius 3 is 2.80 bits per heavy atom. The molecule has 134 valence electrons. The van der Waals surface area contributed by atoms with Gasteiger partial charge in [0.25, 0.3) is 5.69 Å². The van der Waals surface area contributed by atoms with Crippen molar-refractivity contribution in [1.29, 1.82) is 0 Å². The molecule has 0 aliphatic carbocycles. The van der Waals surface area contributed by atoms with Crippen molar-refractivity contribution in [2.24, 2.45) is 7.05 Å². The molecule has 25 heavy (non-hydrogen) atoms. The van der Waals surface area contributed by atoms with E-state index in [1.807, 2.05) is 13.8 Å². The highest BCUT2D eigenvalue weighted by Gasteiger charge is 2.20. The summed E-state index contributed by atoms with van der Waals surface area (Å²) in [5.41, 5.74) is 0.835. The molecule has 10 nitrogen and oxygen atoms in total. The molecule has 1 amide bonds. The minimum Gasteiger partial charge on any atom is -0.446 e. The summed E-state index contributed by atoms with van der Waals surface area (Å²) in [7, 11) is 1.61. The van der Waals surface area contributed by atoms with E-state index in [1.165, 1.54) is 23.7 Å². The van der Waals surface area contributed by atoms with Gasteiger partial charge in [-0.2, -0.15) is 0 Å². The third kappa shape index (κ3) is 4.28. The standard InChI is InChI=1S/C15H20N6O4/c1-5-6-9(2)25-15(22)17-14-13(18-19-20(14)4)11-7-8-12(21(23)24)10(3)16-11/h7-9H,5-6H2,1-4H3,(H,17,22)/t9-/m1/s1. The van der Waals surface area contributed by atoms with Crippen molar-refractivity contribution in [2.75, 3.05) is 5.32 Å². The average molecular weight is 348 g/mol. The Balaban J connectivity index is 2.26. The molecule has 0 aliphatic heterocycles. The van der Waals surface area contributed by atoms with Gasteiger partial charge in [-0.05, 0) is 26.3 Å². The summed E-state index contributed by atoms with van der Waals surface area (Å²) in [5.74, 6) is 0.300. The molecule has 0 radical (unpaired) electrons. The summed E-state index contributed by atoms with van der Waals surface area (Å²) in [6, 6.07) is 2.81. The molecule has 10 heteroatoms. The van der Waals surface area contributed by atoms with Crippen LogP contribution in [0.2, 0.25) is 0 Å². The molecule has 2 aromatic rings. The number of aryl methyl sites for hydroxylation is 2. The number of anilines is 1. The lowest BCUT2D eigenvalue weighted by molar-refractivity contribution is -0.385. The van der Waals surface area contributed by atoms with Crippen molar-refractivity contribution in [3.63, 3.8) is 0 Å². The Kier molecular flexibility index (Phi) is 5.63. The van der Waals surface area contributed by atoms with E-state index < -0.39 is 11.0 Å². The molecule has 2 aromatic heterocycles. The number of ether oxygens (including phenoxy) is 1. The first-order valence-corrected chi connectivity index (χ1v) is 7.83. The van der Waals surface area contributed by atoms with Crippen LogP contribution in [0.3, 0.4) is 0 Å². The van der Waals surface area contributed by atoms with Crippen LogP contribution in [0, 0.1) is 17.0 Å². The maximum atomic E-state index is 12.0. The molecule has 2 heterocycles. The highest BCUT2D eigenvalue weighted by Crippen LogP contribution is 2.26. The number of carbonyl (C=O) groups is 1. The lowest BCUT2D eigenvalue weighted by Crippen LogP contribution is -2.21. The zero-order valence-electron chi connectivity index (χ0n) is 14.5. The molecule has 0 saturated carbocycles. The molecule has 0 saturated heterocycles. The van der Waals surface area contributed by atoms with Gasteiger partial charge in [0.1, 0.15) is 11.8 Å². The van der Waals surface area contributed by atoms with E-state index in [0.29, 0.717) is 17.2 Å². The number of nitrogens with one attached hydrogen (secondary N) is 1. The molecular weight excluding hydrogens is 328 g/mol. The van der Waals surface area contributed by atoms with Gasteiger partial charge < -0.3 is 4.74 Å². The van der Waals surface area contributed by atoms with Crippen LogP contribution in [0.5, 0.6) is 0 Å². The van der Waals surface area contributed by atoms with Crippen LogP contribution in [0.25, 0.3) is 11.4 Å². The van der Waals surface area contributed by atoms with Crippen molar-refractivity contribution >= 4 is 17.6 Å². The fourth-order valence-electron chi connectivity index (χ4n) is 2.32. The summed E-state index contributed by atoms with van der Waals surface area (Å²) < 4.78 is 6.63. The number of nitrogens with zero attached hydrogens (tertiary/aromatic N) is 5. The fourth-order valence-corrected chi connectivity index (χ4v) is 2.32. The van der Waals surface area contributed by atoms with E-state index >= 15 is 0 Å². The first kappa shape index (κ1) is 18.3. The van der Waals surface area contributed by atoms with Crippen molar-refractivity contribution < 1.29 is 14.5 Å². The minimum absolute atomic E-state index is 0.0880. The number of aromatic nitrogens is 4. The number of hydrogen-bond donors (Lipinski definition) is 1. The topological polar surface area (TPSA) is 125 Å². The van der Waals surface area contributed by atoms with Crippen LogP contribution in [-0.2, 0) is 11.8 Å². The Hall–Kier alpha value is -3.04. The highest BCUT2D eigenvalue weighted by atomic mass is 16.6. The fraction of sp³-hybridized carbons (Fsp3) is 0.467. The van der Waals surface area contributed by atoms with Crippen LogP contribution >= 0.6 is 0 Å². The molecule has 1 N–H and O–H groups in total. The summed E-state index contributed by atoms with van der Waals surface area (Å²) >= 11 is 0. The van der Waals surface area contributed by atoms with Crippen LogP contribution in [0.1, 0.15) is 32.4 Å². The third-order valence-electron chi connectivity index (χ3n) is 3.55. The van der Waals surface area contributed by atoms with E-state index in [2.05, 4.69) is 20.6 Å². The maximum absolute atomic E-state index is 12.0. The molecule has 0 unspecified atom stereocenters. The SMILES string of the molecule is CCC[C@@H](C)OC(=O)Nc1c(-c2ccc([N+](=O)[O-])c(C)n2)nnn1C. The van der Waals surface area contributed by atoms with E-state index in [9.17, 15) is 14.9 Å². The van der Waals surface area contributed by atoms with Gasteiger partial charge in [-0.1, -0.05) is 18.6 Å². The number of pyridine rings is 1. The van der Waals surface area contributed by atoms with Crippen molar-refractivity contribution in [3.8, 4) is 11.4 Å². The average Bonchev–Trinajstić information content (AvgIpc) is 2.88. The predicted octanol–water partition coefficient (Wildman–Crippen LogP) is 2.83. The van der Waals surface area contributed by atoms with Gasteiger partial charge in [-0.15, -0.1) is 5.10 Å². The Bertz CT molecular complexity index is 788. The molecule has 1 atom stereocenters. The van der Waals surface area contributed by atoms with Gasteiger partial charge in [0, 0.05) is 13.1 Å². The number of carbonyl (C=O) groups excluding carboxylic acids is 1. The smallest absolute Gasteiger partial charge is 0.413 e. The van der Waals surface area contributed by atoms with Crippen molar-refractivity contribution in [3.05, 3.63) is 27.9 Å². The van der Waals surface area contributed by atoms with Gasteiger partial charge >= 0.3 is 6.09 Å². The molecule has 2 rings (SSSR count). The van der Waals surface area contributed by atoms with Crippen LogP contribution in [-0.4, -0.2) is 37.1 Å². The molecular formula is C15H20N6O4. The summed E-state index contributed by atoms with van der Waals surface area (Å²) in [6.45, 7) is 5.35. The number of rotatable bonds is 6. The lowest BCUT2D eigenvalue weighted by Gasteiger charge is -2.13. The van der Waals surface area contributed by atoms with Gasteiger partial charge in [0.05, 0.1) is 10.6 Å². The van der Waals surface area contributed by atoms with Crippen molar-refractivity contribution in [1.82, 2.24) is 20.0 Å². The van der Waals surface area contributed by atoms with Crippen LogP contribution in [0.15, 0.2) is 12.1 Å². The second kappa shape index (κ2) is 7.69. The Morgan fingerprint density at radius 2 is 2.20 bits per heavy atom. The molecule has 0 aliphatic rings. The Morgan fingerprint density at radius 1 is 1.48 bits per heavy atom. The molecule has 0 fully saturated rings. The first-order valence-electron chi connectivity index (χ1n) is 7.83. The maximum Gasteiger partial charge on any atom is 0.413 e. The zero-order chi connectivity index (χ0) is 18.6. The first-order chi connectivity index (χ1) is 11.8.